The first-order valence-corrected chi connectivity index (χ1v) is 28.0. The Morgan fingerprint density at radius 1 is 0.986 bits per heavy atom. The number of hydrogen-bond acceptors (Lipinski definition) is 12. The van der Waals surface area contributed by atoms with E-state index in [2.05, 4.69) is 98.3 Å². The van der Waals surface area contributed by atoms with Crippen LogP contribution in [0.1, 0.15) is 121 Å². The second kappa shape index (κ2) is 20.7. The van der Waals surface area contributed by atoms with E-state index in [1.807, 2.05) is 6.20 Å². The molecule has 2 aromatic heterocycles. The summed E-state index contributed by atoms with van der Waals surface area (Å²) in [5.41, 5.74) is 12.1. The zero-order valence-electron chi connectivity index (χ0n) is 44.0. The molecule has 1 aromatic carbocycles. The number of pyridine rings is 1. The van der Waals surface area contributed by atoms with Crippen LogP contribution < -0.4 is 21.0 Å². The number of fused-ring (bicyclic) bond motifs is 6. The Bertz CT molecular complexity index is 2520. The topological polar surface area (TPSA) is 140 Å². The van der Waals surface area contributed by atoms with E-state index in [0.29, 0.717) is 38.9 Å². The Kier molecular flexibility index (Phi) is 14.3. The molecule has 2 saturated carbocycles. The largest absolute Gasteiger partial charge is 0.464 e. The van der Waals surface area contributed by atoms with Gasteiger partial charge in [-0.1, -0.05) is 38.8 Å². The van der Waals surface area contributed by atoms with Gasteiger partial charge in [-0.25, -0.2) is 5.43 Å². The molecule has 11 rings (SSSR count). The summed E-state index contributed by atoms with van der Waals surface area (Å²) >= 11 is 0. The molecule has 2 aliphatic carbocycles. The number of piperazine rings is 1. The van der Waals surface area contributed by atoms with Gasteiger partial charge in [0.1, 0.15) is 12.1 Å². The van der Waals surface area contributed by atoms with Crippen molar-refractivity contribution < 1.29 is 23.9 Å². The van der Waals surface area contributed by atoms with Gasteiger partial charge in [0, 0.05) is 107 Å². The average molecular weight is 987 g/mol. The highest BCUT2D eigenvalue weighted by atomic mass is 16.5. The third-order valence-electron chi connectivity index (χ3n) is 18.1. The molecule has 72 heavy (non-hydrogen) atoms. The van der Waals surface area contributed by atoms with E-state index in [4.69, 9.17) is 14.5 Å². The highest BCUT2D eigenvalue weighted by Gasteiger charge is 2.47. The molecule has 15 nitrogen and oxygen atoms in total. The Balaban J connectivity index is 0.954. The lowest BCUT2D eigenvalue weighted by Crippen LogP contribution is -2.63. The zero-order valence-corrected chi connectivity index (χ0v) is 44.0. The molecule has 15 heteroatoms. The van der Waals surface area contributed by atoms with Gasteiger partial charge in [-0.3, -0.25) is 39.1 Å². The highest BCUT2D eigenvalue weighted by Crippen LogP contribution is 2.44. The molecule has 8 aliphatic rings. The maximum atomic E-state index is 15.0. The van der Waals surface area contributed by atoms with Crippen LogP contribution in [0.15, 0.2) is 36.5 Å². The van der Waals surface area contributed by atoms with Gasteiger partial charge in [-0.15, -0.1) is 0 Å². The number of nitrogens with zero attached hydrogens (tertiary/aromatic N) is 7. The molecule has 6 bridgehead atoms. The number of carbonyl (C=O) groups is 3. The predicted molar refractivity (Wildman–Crippen MR) is 282 cm³/mol. The normalized spacial score (nSPS) is 28.8. The molecule has 6 atom stereocenters. The van der Waals surface area contributed by atoms with Crippen molar-refractivity contribution in [1.29, 1.82) is 0 Å². The standard InChI is InChI=1S/C57H82N10O5/c1-6-66-49-18-15-40-29-44(49)46(52(66)45-30-43(32-59-50(45)38(2)71-5)64-27-25-63(26-28-64)42-16-17-42)31-56(3,4)37-72-55(70)47-14-10-23-67(61-47)54(69)48(34-62-22-9-13-41(40)33-62)60-53(68)51(39-11-7-8-12-39)65-24-20-57(36-65)19-21-58-35-57/h13,15,18,29-30,32,38-39,42,47-48,51,58,61H,6-12,14,16-17,19-28,31,33-37H2,1-5H3,(H,60,68)/t38-,47-,48-,51-,57-/m0/s1. The summed E-state index contributed by atoms with van der Waals surface area (Å²) < 4.78 is 14.8. The lowest BCUT2D eigenvalue weighted by molar-refractivity contribution is -0.155. The van der Waals surface area contributed by atoms with Gasteiger partial charge in [-0.2, -0.15) is 0 Å². The van der Waals surface area contributed by atoms with Gasteiger partial charge < -0.3 is 29.6 Å². The summed E-state index contributed by atoms with van der Waals surface area (Å²) in [6, 6.07) is 8.33. The first kappa shape index (κ1) is 49.8. The second-order valence-electron chi connectivity index (χ2n) is 23.8. The van der Waals surface area contributed by atoms with E-state index >= 15 is 4.79 Å². The van der Waals surface area contributed by atoms with Crippen molar-refractivity contribution >= 4 is 39.9 Å². The van der Waals surface area contributed by atoms with Gasteiger partial charge in [0.25, 0.3) is 5.91 Å². The summed E-state index contributed by atoms with van der Waals surface area (Å²) in [5, 5.41) is 9.82. The quantitative estimate of drug-likeness (QED) is 0.201. The van der Waals surface area contributed by atoms with Crippen LogP contribution in [0.2, 0.25) is 0 Å². The van der Waals surface area contributed by atoms with E-state index < -0.39 is 17.5 Å². The van der Waals surface area contributed by atoms with Crippen molar-refractivity contribution in [3.05, 3.63) is 53.4 Å². The number of hydrogen-bond donors (Lipinski definition) is 3. The van der Waals surface area contributed by atoms with E-state index in [9.17, 15) is 9.59 Å². The number of esters is 1. The molecular weight excluding hydrogens is 905 g/mol. The second-order valence-corrected chi connectivity index (χ2v) is 23.8. The first-order chi connectivity index (χ1) is 34.9. The number of likely N-dealkylation sites (tertiary alicyclic amines) is 1. The van der Waals surface area contributed by atoms with Crippen molar-refractivity contribution in [2.24, 2.45) is 16.7 Å². The third kappa shape index (κ3) is 10.1. The molecule has 0 radical (unpaired) electrons. The molecule has 2 amide bonds. The molecule has 8 heterocycles. The van der Waals surface area contributed by atoms with Crippen molar-refractivity contribution in [2.45, 2.75) is 142 Å². The number of cyclic esters (lactones) is 1. The van der Waals surface area contributed by atoms with Crippen molar-refractivity contribution in [2.75, 3.05) is 97.2 Å². The maximum absolute atomic E-state index is 15.0. The number of anilines is 1. The number of ether oxygens (including phenoxy) is 2. The number of carbonyl (C=O) groups excluding carboxylic acids is 3. The van der Waals surface area contributed by atoms with E-state index in [-0.39, 0.29) is 47.9 Å². The average Bonchev–Trinajstić information content (AvgIpc) is 3.67. The van der Waals surface area contributed by atoms with Gasteiger partial charge in [-0.05, 0) is 137 Å². The molecule has 3 N–H and O–H groups in total. The summed E-state index contributed by atoms with van der Waals surface area (Å²) in [5.74, 6) is -0.299. The van der Waals surface area contributed by atoms with Gasteiger partial charge in [0.05, 0.1) is 42.0 Å². The monoisotopic (exact) mass is 987 g/mol. The molecule has 390 valence electrons. The van der Waals surface area contributed by atoms with Crippen LogP contribution in [-0.4, -0.2) is 163 Å². The van der Waals surface area contributed by atoms with Crippen LogP contribution in [-0.2, 0) is 36.8 Å². The summed E-state index contributed by atoms with van der Waals surface area (Å²) in [6.07, 6.45) is 16.1. The Morgan fingerprint density at radius 2 is 1.81 bits per heavy atom. The van der Waals surface area contributed by atoms with Crippen LogP contribution in [0.4, 0.5) is 5.69 Å². The number of hydrazine groups is 1. The number of benzene rings is 1. The van der Waals surface area contributed by atoms with Crippen LogP contribution >= 0.6 is 0 Å². The SMILES string of the molecule is CCn1c(-c2cc(N3CCN(C4CC4)CC3)cnc2[C@H](C)OC)c2c3cc(ccc31)C1=CCCN(C1)C[C@H](NC(=O)[C@H](C1CCCC1)N1CC[C@]3(CCNC3)C1)C(=O)N1CCC[C@H](N1)C(=O)OCC(C)(C)C2. The van der Waals surface area contributed by atoms with Gasteiger partial charge >= 0.3 is 5.97 Å². The highest BCUT2D eigenvalue weighted by molar-refractivity contribution is 5.95. The van der Waals surface area contributed by atoms with Gasteiger partial charge in [0.15, 0.2) is 0 Å². The van der Waals surface area contributed by atoms with E-state index in [1.165, 1.54) is 29.4 Å². The minimum Gasteiger partial charge on any atom is -0.464 e. The summed E-state index contributed by atoms with van der Waals surface area (Å²) in [7, 11) is 1.76. The van der Waals surface area contributed by atoms with E-state index in [0.717, 1.165) is 150 Å². The smallest absolute Gasteiger partial charge is 0.324 e. The summed E-state index contributed by atoms with van der Waals surface area (Å²) in [4.78, 5) is 59.4. The molecule has 4 saturated heterocycles. The van der Waals surface area contributed by atoms with Gasteiger partial charge in [0.2, 0.25) is 5.91 Å². The molecule has 6 fully saturated rings. The fourth-order valence-corrected chi connectivity index (χ4v) is 13.9. The number of aromatic nitrogens is 2. The minimum absolute atomic E-state index is 0.0254. The van der Waals surface area contributed by atoms with Crippen molar-refractivity contribution in [3.63, 3.8) is 0 Å². The number of rotatable bonds is 10. The first-order valence-electron chi connectivity index (χ1n) is 28.0. The van der Waals surface area contributed by atoms with Crippen LogP contribution in [0.3, 0.4) is 0 Å². The Hall–Kier alpha value is -4.38. The molecule has 1 unspecified atom stereocenters. The predicted octanol–water partition coefficient (Wildman–Crippen LogP) is 6.15. The van der Waals surface area contributed by atoms with Crippen LogP contribution in [0, 0.1) is 16.7 Å². The maximum Gasteiger partial charge on any atom is 0.324 e. The van der Waals surface area contributed by atoms with Crippen LogP contribution in [0.5, 0.6) is 0 Å². The fourth-order valence-electron chi connectivity index (χ4n) is 13.9. The minimum atomic E-state index is -0.795. The number of aryl methyl sites for hydroxylation is 1. The van der Waals surface area contributed by atoms with Crippen molar-refractivity contribution in [1.82, 2.24) is 45.3 Å². The number of methoxy groups -OCH3 is 1. The fraction of sp³-hybridized carbons (Fsp3) is 0.684. The molecule has 3 aromatic rings. The lowest BCUT2D eigenvalue weighted by Gasteiger charge is -2.39. The lowest BCUT2D eigenvalue weighted by atomic mass is 9.84. The van der Waals surface area contributed by atoms with Crippen LogP contribution in [0.25, 0.3) is 27.7 Å². The molecular formula is C57H82N10O5. The summed E-state index contributed by atoms with van der Waals surface area (Å²) in [6.45, 7) is 19.9. The number of amides is 2. The Labute approximate surface area is 427 Å². The Morgan fingerprint density at radius 3 is 2.56 bits per heavy atom. The molecule has 1 spiro atoms. The molecule has 6 aliphatic heterocycles. The van der Waals surface area contributed by atoms with Crippen molar-refractivity contribution in [3.8, 4) is 11.3 Å². The zero-order chi connectivity index (χ0) is 49.7. The third-order valence-corrected chi connectivity index (χ3v) is 18.1. The van der Waals surface area contributed by atoms with E-state index in [1.54, 1.807) is 12.1 Å². The number of nitrogens with one attached hydrogen (secondary N) is 3.